The molecule has 2 rings (SSSR count). The molecule has 0 saturated carbocycles. The van der Waals surface area contributed by atoms with Gasteiger partial charge in [-0.1, -0.05) is 24.3 Å². The molecule has 1 aliphatic heterocycles. The van der Waals surface area contributed by atoms with Gasteiger partial charge < -0.3 is 15.0 Å². The molecule has 0 aliphatic carbocycles. The van der Waals surface area contributed by atoms with Gasteiger partial charge in [-0.15, -0.1) is 6.58 Å². The Morgan fingerprint density at radius 2 is 2.37 bits per heavy atom. The second-order valence-electron chi connectivity index (χ2n) is 4.62. The van der Waals surface area contributed by atoms with E-state index in [1.54, 1.807) is 18.1 Å². The zero-order chi connectivity index (χ0) is 13.7. The van der Waals surface area contributed by atoms with E-state index in [-0.39, 0.29) is 11.9 Å². The Hall–Kier alpha value is -1.81. The van der Waals surface area contributed by atoms with Crippen molar-refractivity contribution in [1.29, 1.82) is 0 Å². The van der Waals surface area contributed by atoms with Crippen LogP contribution in [0.1, 0.15) is 5.56 Å². The molecule has 1 heterocycles. The molecular formula is C15H20N2O2. The highest BCUT2D eigenvalue weighted by Gasteiger charge is 2.29. The predicted molar refractivity (Wildman–Crippen MR) is 76.2 cm³/mol. The second-order valence-corrected chi connectivity index (χ2v) is 4.62. The van der Waals surface area contributed by atoms with E-state index in [1.165, 1.54) is 5.56 Å². The molecule has 0 radical (unpaired) electrons. The molecule has 1 aliphatic rings. The minimum absolute atomic E-state index is 0.105. The van der Waals surface area contributed by atoms with Gasteiger partial charge in [0.25, 0.3) is 0 Å². The smallest absolute Gasteiger partial charge is 0.245 e. The summed E-state index contributed by atoms with van der Waals surface area (Å²) >= 11 is 0. The number of hydrogen-bond donors (Lipinski definition) is 1. The van der Waals surface area contributed by atoms with Gasteiger partial charge in [0.15, 0.2) is 0 Å². The molecule has 1 aromatic rings. The second kappa shape index (κ2) is 6.38. The van der Waals surface area contributed by atoms with Gasteiger partial charge in [0.05, 0.1) is 6.61 Å². The van der Waals surface area contributed by atoms with Gasteiger partial charge in [0.2, 0.25) is 5.91 Å². The monoisotopic (exact) mass is 260 g/mol. The van der Waals surface area contributed by atoms with Crippen LogP contribution in [-0.2, 0) is 16.0 Å². The summed E-state index contributed by atoms with van der Waals surface area (Å²) in [5.41, 5.74) is 2.26. The summed E-state index contributed by atoms with van der Waals surface area (Å²) in [6, 6.07) is 7.87. The summed E-state index contributed by atoms with van der Waals surface area (Å²) in [5.74, 6) is 0.105. The van der Waals surface area contributed by atoms with E-state index in [1.807, 2.05) is 18.2 Å². The van der Waals surface area contributed by atoms with Crippen molar-refractivity contribution >= 4 is 11.6 Å². The third-order valence-electron chi connectivity index (χ3n) is 3.30. The largest absolute Gasteiger partial charge is 0.383 e. The van der Waals surface area contributed by atoms with E-state index in [9.17, 15) is 4.79 Å². The number of amides is 1. The number of methoxy groups -OCH3 is 1. The molecule has 1 N–H and O–H groups in total. The molecule has 1 atom stereocenters. The van der Waals surface area contributed by atoms with Crippen LogP contribution in [0.4, 0.5) is 5.69 Å². The molecule has 1 amide bonds. The van der Waals surface area contributed by atoms with E-state index in [2.05, 4.69) is 18.0 Å². The molecule has 4 nitrogen and oxygen atoms in total. The van der Waals surface area contributed by atoms with E-state index >= 15 is 0 Å². The fourth-order valence-electron chi connectivity index (χ4n) is 2.32. The first-order valence-corrected chi connectivity index (χ1v) is 6.49. The van der Waals surface area contributed by atoms with Crippen LogP contribution in [0.25, 0.3) is 0 Å². The average molecular weight is 260 g/mol. The number of hydrogen-bond acceptors (Lipinski definition) is 3. The Bertz CT molecular complexity index is 434. The van der Waals surface area contributed by atoms with Gasteiger partial charge in [-0.25, -0.2) is 0 Å². The highest BCUT2D eigenvalue weighted by Crippen LogP contribution is 2.25. The van der Waals surface area contributed by atoms with Gasteiger partial charge >= 0.3 is 0 Å². The van der Waals surface area contributed by atoms with Crippen molar-refractivity contribution in [3.63, 3.8) is 0 Å². The highest BCUT2D eigenvalue weighted by atomic mass is 16.5. The Morgan fingerprint density at radius 3 is 3.05 bits per heavy atom. The lowest BCUT2D eigenvalue weighted by Gasteiger charge is -2.24. The Kier molecular flexibility index (Phi) is 4.58. The first kappa shape index (κ1) is 13.6. The van der Waals surface area contributed by atoms with Gasteiger partial charge in [0, 0.05) is 32.3 Å². The number of nitrogens with zero attached hydrogens (tertiary/aromatic N) is 1. The highest BCUT2D eigenvalue weighted by molar-refractivity contribution is 5.87. The van der Waals surface area contributed by atoms with Crippen LogP contribution in [0.2, 0.25) is 0 Å². The van der Waals surface area contributed by atoms with E-state index < -0.39 is 0 Å². The number of para-hydroxylation sites is 1. The maximum absolute atomic E-state index is 12.5. The number of ether oxygens (including phenoxy) is 1. The van der Waals surface area contributed by atoms with Crippen molar-refractivity contribution < 1.29 is 9.53 Å². The maximum atomic E-state index is 12.5. The summed E-state index contributed by atoms with van der Waals surface area (Å²) in [6.07, 6.45) is 2.49. The van der Waals surface area contributed by atoms with Crippen molar-refractivity contribution in [3.05, 3.63) is 42.5 Å². The molecule has 19 heavy (non-hydrogen) atoms. The number of rotatable bonds is 6. The van der Waals surface area contributed by atoms with Gasteiger partial charge in [-0.2, -0.15) is 0 Å². The fourth-order valence-corrected chi connectivity index (χ4v) is 2.32. The summed E-state index contributed by atoms with van der Waals surface area (Å²) in [7, 11) is 1.64. The minimum Gasteiger partial charge on any atom is -0.383 e. The summed E-state index contributed by atoms with van der Waals surface area (Å²) in [6.45, 7) is 5.39. The van der Waals surface area contributed by atoms with Crippen LogP contribution in [-0.4, -0.2) is 43.7 Å². The van der Waals surface area contributed by atoms with Gasteiger partial charge in [-0.05, 0) is 11.6 Å². The standard InChI is InChI=1S/C15H20N2O2/c1-3-8-17(9-10-19-2)15(18)14-11-12-6-4-5-7-13(12)16-14/h3-7,14,16H,1,8-11H2,2H3/t14-/m0/s1. The number of benzene rings is 1. The van der Waals surface area contributed by atoms with Gasteiger partial charge in [0.1, 0.15) is 6.04 Å². The lowest BCUT2D eigenvalue weighted by Crippen LogP contribution is -2.43. The number of anilines is 1. The molecule has 102 valence electrons. The topological polar surface area (TPSA) is 41.6 Å². The van der Waals surface area contributed by atoms with E-state index in [0.717, 1.165) is 12.1 Å². The Balaban J connectivity index is 2.01. The molecule has 0 unspecified atom stereocenters. The zero-order valence-corrected chi connectivity index (χ0v) is 11.3. The lowest BCUT2D eigenvalue weighted by molar-refractivity contribution is -0.132. The fraction of sp³-hybridized carbons (Fsp3) is 0.400. The number of carbonyl (C=O) groups excluding carboxylic acids is 1. The molecule has 0 aromatic heterocycles. The van der Waals surface area contributed by atoms with Crippen molar-refractivity contribution in [2.45, 2.75) is 12.5 Å². The van der Waals surface area contributed by atoms with Crippen molar-refractivity contribution in [2.24, 2.45) is 0 Å². The predicted octanol–water partition coefficient (Wildman–Crippen LogP) is 1.68. The van der Waals surface area contributed by atoms with E-state index in [0.29, 0.717) is 19.7 Å². The number of nitrogens with one attached hydrogen (secondary N) is 1. The number of carbonyl (C=O) groups is 1. The molecule has 4 heteroatoms. The molecule has 0 fully saturated rings. The maximum Gasteiger partial charge on any atom is 0.245 e. The van der Waals surface area contributed by atoms with Gasteiger partial charge in [-0.3, -0.25) is 4.79 Å². The normalized spacial score (nSPS) is 16.6. The summed E-state index contributed by atoms with van der Waals surface area (Å²) < 4.78 is 5.04. The number of fused-ring (bicyclic) bond motifs is 1. The van der Waals surface area contributed by atoms with Crippen molar-refractivity contribution in [2.75, 3.05) is 32.1 Å². The van der Waals surface area contributed by atoms with Crippen LogP contribution < -0.4 is 5.32 Å². The molecule has 1 aromatic carbocycles. The molecule has 0 bridgehead atoms. The lowest BCUT2D eigenvalue weighted by atomic mass is 10.1. The van der Waals surface area contributed by atoms with Crippen LogP contribution >= 0.6 is 0 Å². The quantitative estimate of drug-likeness (QED) is 0.791. The first-order valence-electron chi connectivity index (χ1n) is 6.49. The Labute approximate surface area is 114 Å². The van der Waals surface area contributed by atoms with Crippen LogP contribution in [0.5, 0.6) is 0 Å². The van der Waals surface area contributed by atoms with Crippen LogP contribution in [0, 0.1) is 0 Å². The first-order chi connectivity index (χ1) is 9.26. The van der Waals surface area contributed by atoms with Crippen LogP contribution in [0.3, 0.4) is 0 Å². The Morgan fingerprint density at radius 1 is 1.58 bits per heavy atom. The third kappa shape index (κ3) is 3.15. The summed E-state index contributed by atoms with van der Waals surface area (Å²) in [5, 5.41) is 3.28. The summed E-state index contributed by atoms with van der Waals surface area (Å²) in [4.78, 5) is 14.2. The van der Waals surface area contributed by atoms with Crippen molar-refractivity contribution in [1.82, 2.24) is 4.90 Å². The van der Waals surface area contributed by atoms with E-state index in [4.69, 9.17) is 4.74 Å². The minimum atomic E-state index is -0.172. The zero-order valence-electron chi connectivity index (χ0n) is 11.3. The molecule has 0 spiro atoms. The molecular weight excluding hydrogens is 240 g/mol. The SMILES string of the molecule is C=CCN(CCOC)C(=O)[C@@H]1Cc2ccccc2N1. The third-order valence-corrected chi connectivity index (χ3v) is 3.30. The van der Waals surface area contributed by atoms with Crippen molar-refractivity contribution in [3.8, 4) is 0 Å². The average Bonchev–Trinajstić information content (AvgIpc) is 2.86. The molecule has 0 saturated heterocycles. The van der Waals surface area contributed by atoms with Crippen LogP contribution in [0.15, 0.2) is 36.9 Å².